The molecule has 2 aromatic carbocycles. The number of alkyl halides is 3. The minimum absolute atomic E-state index is 0.0963. The molecule has 0 amide bonds. The third kappa shape index (κ3) is 4.77. The number of carboxylic acids is 1. The topological polar surface area (TPSA) is 90.1 Å². The van der Waals surface area contributed by atoms with Gasteiger partial charge in [0, 0.05) is 11.9 Å². The Morgan fingerprint density at radius 1 is 1.24 bits per heavy atom. The highest BCUT2D eigenvalue weighted by Gasteiger charge is 2.35. The van der Waals surface area contributed by atoms with Gasteiger partial charge in [0.1, 0.15) is 30.0 Å². The number of halogens is 3. The van der Waals surface area contributed by atoms with E-state index in [0.29, 0.717) is 41.1 Å². The van der Waals surface area contributed by atoms with Gasteiger partial charge in [0.25, 0.3) is 0 Å². The van der Waals surface area contributed by atoms with Gasteiger partial charge in [0.05, 0.1) is 35.9 Å². The van der Waals surface area contributed by atoms with Gasteiger partial charge in [0.2, 0.25) is 0 Å². The number of hydrogen-bond acceptors (Lipinski definition) is 5. The molecule has 4 rings (SSSR count). The zero-order valence-corrected chi connectivity index (χ0v) is 18.6. The summed E-state index contributed by atoms with van der Waals surface area (Å²) in [5, 5.41) is 20.4. The molecule has 0 saturated heterocycles. The molecule has 2 heterocycles. The van der Waals surface area contributed by atoms with Crippen molar-refractivity contribution in [3.05, 3.63) is 53.2 Å². The smallest absolute Gasteiger partial charge is 0.419 e. The van der Waals surface area contributed by atoms with Crippen LogP contribution in [0, 0.1) is 0 Å². The lowest BCUT2D eigenvalue weighted by Crippen LogP contribution is -2.23. The molecule has 2 N–H and O–H groups in total. The molecular weight excluding hydrogens is 455 g/mol. The van der Waals surface area contributed by atoms with Crippen LogP contribution in [0.15, 0.2) is 36.4 Å². The van der Waals surface area contributed by atoms with Crippen molar-refractivity contribution < 1.29 is 42.4 Å². The molecule has 0 aliphatic carbocycles. The Labute approximate surface area is 193 Å². The third-order valence-electron chi connectivity index (χ3n) is 5.46. The van der Waals surface area contributed by atoms with Gasteiger partial charge in [-0.2, -0.15) is 13.2 Å². The standard InChI is InChI=1S/C24H24F3NO6/c1-13(2)34-19-6-3-14(9-17(19)24(25,26)27)12-33-15-4-5-18-16(10-15)23(31)22-20(11-21(29)30)32-8-7-28(18)22/h3-6,9-10,13,20,31H,7-8,11-12H2,1-2H3,(H,29,30). The molecule has 3 aromatic rings. The summed E-state index contributed by atoms with van der Waals surface area (Å²) in [5.41, 5.74) is 0.503. The number of nitrogens with zero attached hydrogens (tertiary/aromatic N) is 1. The van der Waals surface area contributed by atoms with E-state index in [1.807, 2.05) is 4.57 Å². The maximum absolute atomic E-state index is 13.5. The van der Waals surface area contributed by atoms with Gasteiger partial charge in [-0.1, -0.05) is 6.07 Å². The van der Waals surface area contributed by atoms with Crippen LogP contribution in [0.1, 0.15) is 43.2 Å². The van der Waals surface area contributed by atoms with Crippen molar-refractivity contribution in [2.24, 2.45) is 0 Å². The molecule has 10 heteroatoms. The van der Waals surface area contributed by atoms with E-state index in [1.165, 1.54) is 12.1 Å². The summed E-state index contributed by atoms with van der Waals surface area (Å²) in [7, 11) is 0. The van der Waals surface area contributed by atoms with Crippen molar-refractivity contribution in [1.29, 1.82) is 0 Å². The number of hydrogen-bond donors (Lipinski definition) is 2. The number of aromatic nitrogens is 1. The van der Waals surface area contributed by atoms with E-state index in [2.05, 4.69) is 0 Å². The maximum atomic E-state index is 13.5. The highest BCUT2D eigenvalue weighted by atomic mass is 19.4. The number of carbonyl (C=O) groups is 1. The van der Waals surface area contributed by atoms with Crippen LogP contribution in [-0.4, -0.2) is 33.5 Å². The molecule has 1 unspecified atom stereocenters. The van der Waals surface area contributed by atoms with E-state index in [-0.39, 0.29) is 24.5 Å². The summed E-state index contributed by atoms with van der Waals surface area (Å²) in [6, 6.07) is 8.73. The first-order valence-corrected chi connectivity index (χ1v) is 10.7. The van der Waals surface area contributed by atoms with Crippen LogP contribution >= 0.6 is 0 Å². The van der Waals surface area contributed by atoms with Gasteiger partial charge in [-0.05, 0) is 49.7 Å². The fourth-order valence-electron chi connectivity index (χ4n) is 4.08. The van der Waals surface area contributed by atoms with Crippen molar-refractivity contribution in [1.82, 2.24) is 4.57 Å². The first-order valence-electron chi connectivity index (χ1n) is 10.7. The van der Waals surface area contributed by atoms with Crippen LogP contribution in [0.3, 0.4) is 0 Å². The average molecular weight is 479 g/mol. The molecule has 0 saturated carbocycles. The number of fused-ring (bicyclic) bond motifs is 3. The Morgan fingerprint density at radius 2 is 2.00 bits per heavy atom. The highest BCUT2D eigenvalue weighted by molar-refractivity contribution is 5.90. The Morgan fingerprint density at radius 3 is 2.68 bits per heavy atom. The van der Waals surface area contributed by atoms with E-state index in [4.69, 9.17) is 19.3 Å². The van der Waals surface area contributed by atoms with E-state index < -0.39 is 29.9 Å². The fraction of sp³-hybridized carbons (Fsp3) is 0.375. The minimum Gasteiger partial charge on any atom is -0.505 e. The number of rotatable bonds is 7. The third-order valence-corrected chi connectivity index (χ3v) is 5.46. The number of ether oxygens (including phenoxy) is 3. The molecular formula is C24H24F3NO6. The summed E-state index contributed by atoms with van der Waals surface area (Å²) in [6.07, 6.45) is -6.05. The molecule has 0 bridgehead atoms. The van der Waals surface area contributed by atoms with Crippen molar-refractivity contribution in [2.45, 2.75) is 51.8 Å². The number of carboxylic acid groups (broad SMARTS) is 1. The maximum Gasteiger partial charge on any atom is 0.419 e. The van der Waals surface area contributed by atoms with Crippen LogP contribution in [0.5, 0.6) is 17.2 Å². The summed E-state index contributed by atoms with van der Waals surface area (Å²) < 4.78 is 58.8. The highest BCUT2D eigenvalue weighted by Crippen LogP contribution is 2.42. The summed E-state index contributed by atoms with van der Waals surface area (Å²) >= 11 is 0. The lowest BCUT2D eigenvalue weighted by Gasteiger charge is -2.24. The molecule has 0 radical (unpaired) electrons. The lowest BCUT2D eigenvalue weighted by molar-refractivity contribution is -0.141. The normalized spacial score (nSPS) is 16.0. The number of aliphatic carboxylic acids is 1. The van der Waals surface area contributed by atoms with Crippen molar-refractivity contribution in [2.75, 3.05) is 6.61 Å². The summed E-state index contributed by atoms with van der Waals surface area (Å²) in [6.45, 7) is 3.94. The fourth-order valence-corrected chi connectivity index (χ4v) is 4.08. The van der Waals surface area contributed by atoms with Crippen LogP contribution in [0.4, 0.5) is 13.2 Å². The molecule has 0 spiro atoms. The van der Waals surface area contributed by atoms with Crippen LogP contribution in [-0.2, 0) is 28.9 Å². The van der Waals surface area contributed by atoms with Gasteiger partial charge >= 0.3 is 12.1 Å². The zero-order valence-electron chi connectivity index (χ0n) is 18.6. The van der Waals surface area contributed by atoms with E-state index in [9.17, 15) is 23.1 Å². The van der Waals surface area contributed by atoms with Crippen LogP contribution < -0.4 is 9.47 Å². The zero-order chi connectivity index (χ0) is 24.6. The number of benzene rings is 2. The molecule has 7 nitrogen and oxygen atoms in total. The molecule has 34 heavy (non-hydrogen) atoms. The van der Waals surface area contributed by atoms with Crippen molar-refractivity contribution in [3.63, 3.8) is 0 Å². The van der Waals surface area contributed by atoms with Crippen LogP contribution in [0.2, 0.25) is 0 Å². The predicted octanol–water partition coefficient (Wildman–Crippen LogP) is 5.28. The van der Waals surface area contributed by atoms with Gasteiger partial charge in [-0.15, -0.1) is 0 Å². The monoisotopic (exact) mass is 479 g/mol. The van der Waals surface area contributed by atoms with Crippen molar-refractivity contribution >= 4 is 16.9 Å². The van der Waals surface area contributed by atoms with Gasteiger partial charge in [-0.3, -0.25) is 4.79 Å². The second-order valence-electron chi connectivity index (χ2n) is 8.31. The second-order valence-corrected chi connectivity index (χ2v) is 8.31. The van der Waals surface area contributed by atoms with Crippen LogP contribution in [0.25, 0.3) is 10.9 Å². The predicted molar refractivity (Wildman–Crippen MR) is 116 cm³/mol. The molecule has 1 atom stereocenters. The molecule has 1 aliphatic heterocycles. The number of aromatic hydroxyl groups is 1. The quantitative estimate of drug-likeness (QED) is 0.479. The van der Waals surface area contributed by atoms with Gasteiger partial charge < -0.3 is 29.0 Å². The first-order chi connectivity index (χ1) is 16.0. The van der Waals surface area contributed by atoms with Gasteiger partial charge in [0.15, 0.2) is 0 Å². The largest absolute Gasteiger partial charge is 0.505 e. The Hall–Kier alpha value is -3.40. The SMILES string of the molecule is CC(C)Oc1ccc(COc2ccc3c(c2)c(O)c2n3CCOC2CC(=O)O)cc1C(F)(F)F. The summed E-state index contributed by atoms with van der Waals surface area (Å²) in [5.74, 6) is -1.04. The molecule has 182 valence electrons. The van der Waals surface area contributed by atoms with Crippen molar-refractivity contribution in [3.8, 4) is 17.2 Å². The Balaban J connectivity index is 1.59. The van der Waals surface area contributed by atoms with E-state index in [0.717, 1.165) is 6.07 Å². The first kappa shape index (κ1) is 23.7. The second kappa shape index (κ2) is 9.09. The van der Waals surface area contributed by atoms with E-state index >= 15 is 0 Å². The Kier molecular flexibility index (Phi) is 6.35. The Bertz CT molecular complexity index is 1220. The average Bonchev–Trinajstić information content (AvgIpc) is 3.04. The van der Waals surface area contributed by atoms with E-state index in [1.54, 1.807) is 32.0 Å². The molecule has 1 aliphatic rings. The van der Waals surface area contributed by atoms with Gasteiger partial charge in [-0.25, -0.2) is 0 Å². The molecule has 0 fully saturated rings. The lowest BCUT2D eigenvalue weighted by atomic mass is 10.1. The summed E-state index contributed by atoms with van der Waals surface area (Å²) in [4.78, 5) is 11.2. The minimum atomic E-state index is -4.58. The molecule has 1 aromatic heterocycles.